The number of likely N-dealkylation sites (tertiary alicyclic amines) is 1. The fourth-order valence-electron chi connectivity index (χ4n) is 2.16. The molecule has 2 N–H and O–H groups in total. The summed E-state index contributed by atoms with van der Waals surface area (Å²) in [6.07, 6.45) is 1.08. The van der Waals surface area contributed by atoms with E-state index in [1.54, 1.807) is 6.07 Å². The Morgan fingerprint density at radius 3 is 3.06 bits per heavy atom. The predicted octanol–water partition coefficient (Wildman–Crippen LogP) is 0.821. The Bertz CT molecular complexity index is 379. The number of amides is 1. The number of rotatable bonds is 3. The van der Waals surface area contributed by atoms with Crippen LogP contribution in [0.4, 0.5) is 0 Å². The number of nitrogens with zero attached hydrogens (tertiary/aromatic N) is 2. The predicted molar refractivity (Wildman–Crippen MR) is 68.5 cm³/mol. The van der Waals surface area contributed by atoms with Crippen molar-refractivity contribution in [1.29, 1.82) is 0 Å². The van der Waals surface area contributed by atoms with E-state index in [1.807, 2.05) is 18.9 Å². The topological polar surface area (TPSA) is 61.0 Å². The van der Waals surface area contributed by atoms with Gasteiger partial charge in [0.1, 0.15) is 5.69 Å². The normalized spacial score (nSPS) is 19.2. The minimum Gasteiger partial charge on any atom is -0.337 e. The van der Waals surface area contributed by atoms with Gasteiger partial charge in [-0.2, -0.15) is 5.10 Å². The highest BCUT2D eigenvalue weighted by Crippen LogP contribution is 2.17. The third kappa shape index (κ3) is 3.20. The van der Waals surface area contributed by atoms with Gasteiger partial charge < -0.3 is 10.2 Å². The smallest absolute Gasteiger partial charge is 0.274 e. The lowest BCUT2D eigenvalue weighted by atomic mass is 10.1. The van der Waals surface area contributed by atoms with Gasteiger partial charge in [0.25, 0.3) is 5.91 Å². The molecule has 0 bridgehead atoms. The Morgan fingerprint density at radius 2 is 2.47 bits per heavy atom. The van der Waals surface area contributed by atoms with Gasteiger partial charge >= 0.3 is 0 Å². The number of carbonyl (C=O) groups is 1. The zero-order valence-corrected chi connectivity index (χ0v) is 11.0. The van der Waals surface area contributed by atoms with E-state index >= 15 is 0 Å². The molecule has 1 unspecified atom stereocenters. The van der Waals surface area contributed by atoms with Crippen molar-refractivity contribution in [2.45, 2.75) is 13.3 Å². The third-order valence-corrected chi connectivity index (χ3v) is 2.99. The number of nitrogens with one attached hydrogen (secondary N) is 2. The number of aryl methyl sites for hydroxylation is 1. The first kappa shape index (κ1) is 14.0. The molecule has 0 aromatic carbocycles. The van der Waals surface area contributed by atoms with E-state index in [1.165, 1.54) is 0 Å². The van der Waals surface area contributed by atoms with E-state index in [2.05, 4.69) is 15.5 Å². The van der Waals surface area contributed by atoms with Gasteiger partial charge in [-0.25, -0.2) is 0 Å². The van der Waals surface area contributed by atoms with Gasteiger partial charge in [-0.3, -0.25) is 9.89 Å². The van der Waals surface area contributed by atoms with Crippen molar-refractivity contribution in [2.75, 3.05) is 26.7 Å². The maximum absolute atomic E-state index is 12.0. The molecule has 0 aliphatic carbocycles. The van der Waals surface area contributed by atoms with Crippen LogP contribution in [0, 0.1) is 12.8 Å². The number of H-pyrrole nitrogens is 1. The molecule has 1 aliphatic rings. The summed E-state index contributed by atoms with van der Waals surface area (Å²) < 4.78 is 0. The molecule has 0 saturated carbocycles. The second kappa shape index (κ2) is 6.02. The Labute approximate surface area is 107 Å². The molecule has 1 aliphatic heterocycles. The first-order valence-corrected chi connectivity index (χ1v) is 5.66. The van der Waals surface area contributed by atoms with Gasteiger partial charge in [0.15, 0.2) is 0 Å². The van der Waals surface area contributed by atoms with E-state index in [0.717, 1.165) is 31.7 Å². The van der Waals surface area contributed by atoms with Crippen LogP contribution in [-0.2, 0) is 0 Å². The summed E-state index contributed by atoms with van der Waals surface area (Å²) in [5.41, 5.74) is 1.46. The highest BCUT2D eigenvalue weighted by molar-refractivity contribution is 5.92. The van der Waals surface area contributed by atoms with E-state index in [0.29, 0.717) is 11.6 Å². The standard InChI is InChI=1S/C11H18N4O.ClH/c1-8-5-10(14-13-8)11(16)15-4-3-9(7-15)6-12-2;/h5,9,12H,3-4,6-7H2,1-2H3,(H,13,14);1H. The van der Waals surface area contributed by atoms with Crippen LogP contribution in [0.3, 0.4) is 0 Å². The fourth-order valence-corrected chi connectivity index (χ4v) is 2.16. The summed E-state index contributed by atoms with van der Waals surface area (Å²) in [6.45, 7) is 4.56. The largest absolute Gasteiger partial charge is 0.337 e. The molecule has 1 aromatic heterocycles. The summed E-state index contributed by atoms with van der Waals surface area (Å²) in [7, 11) is 1.95. The lowest BCUT2D eigenvalue weighted by Crippen LogP contribution is -2.30. The van der Waals surface area contributed by atoms with Gasteiger partial charge in [-0.15, -0.1) is 12.4 Å². The van der Waals surface area contributed by atoms with Crippen molar-refractivity contribution in [3.8, 4) is 0 Å². The maximum Gasteiger partial charge on any atom is 0.274 e. The summed E-state index contributed by atoms with van der Waals surface area (Å²) in [5, 5.41) is 9.95. The van der Waals surface area contributed by atoms with Crippen LogP contribution in [0.5, 0.6) is 0 Å². The van der Waals surface area contributed by atoms with Crippen LogP contribution in [0.2, 0.25) is 0 Å². The summed E-state index contributed by atoms with van der Waals surface area (Å²) in [4.78, 5) is 13.9. The van der Waals surface area contributed by atoms with Crippen molar-refractivity contribution >= 4 is 18.3 Å². The summed E-state index contributed by atoms with van der Waals surface area (Å²) >= 11 is 0. The quantitative estimate of drug-likeness (QED) is 0.844. The lowest BCUT2D eigenvalue weighted by Gasteiger charge is -2.14. The molecule has 6 heteroatoms. The Hall–Kier alpha value is -1.07. The fraction of sp³-hybridized carbons (Fsp3) is 0.636. The number of hydrogen-bond acceptors (Lipinski definition) is 3. The molecule has 5 nitrogen and oxygen atoms in total. The minimum atomic E-state index is 0. The number of hydrogen-bond donors (Lipinski definition) is 2. The van der Waals surface area contributed by atoms with Crippen molar-refractivity contribution in [2.24, 2.45) is 5.92 Å². The zero-order chi connectivity index (χ0) is 11.5. The molecule has 1 atom stereocenters. The third-order valence-electron chi connectivity index (χ3n) is 2.99. The molecule has 1 fully saturated rings. The van der Waals surface area contributed by atoms with Crippen LogP contribution in [0.25, 0.3) is 0 Å². The second-order valence-corrected chi connectivity index (χ2v) is 4.40. The van der Waals surface area contributed by atoms with Gasteiger partial charge in [-0.1, -0.05) is 0 Å². The Morgan fingerprint density at radius 1 is 1.71 bits per heavy atom. The van der Waals surface area contributed by atoms with Crippen LogP contribution in [0.15, 0.2) is 6.07 Å². The Kier molecular flexibility index (Phi) is 4.96. The van der Waals surface area contributed by atoms with Gasteiger partial charge in [0.2, 0.25) is 0 Å². The molecule has 17 heavy (non-hydrogen) atoms. The molecule has 0 spiro atoms. The molecule has 2 rings (SSSR count). The number of aromatic amines is 1. The number of aromatic nitrogens is 2. The summed E-state index contributed by atoms with van der Waals surface area (Å²) in [6, 6.07) is 1.80. The van der Waals surface area contributed by atoms with Crippen LogP contribution in [0.1, 0.15) is 22.6 Å². The van der Waals surface area contributed by atoms with Gasteiger partial charge in [0, 0.05) is 18.8 Å². The van der Waals surface area contributed by atoms with Crippen molar-refractivity contribution in [3.05, 3.63) is 17.5 Å². The highest BCUT2D eigenvalue weighted by Gasteiger charge is 2.27. The van der Waals surface area contributed by atoms with E-state index in [-0.39, 0.29) is 18.3 Å². The zero-order valence-electron chi connectivity index (χ0n) is 10.2. The number of halogens is 1. The highest BCUT2D eigenvalue weighted by atomic mass is 35.5. The molecular weight excluding hydrogens is 240 g/mol. The SMILES string of the molecule is CNCC1CCN(C(=O)c2cc(C)[nH]n2)C1.Cl. The van der Waals surface area contributed by atoms with Crippen LogP contribution >= 0.6 is 12.4 Å². The lowest BCUT2D eigenvalue weighted by molar-refractivity contribution is 0.0781. The maximum atomic E-state index is 12.0. The molecule has 0 radical (unpaired) electrons. The average molecular weight is 259 g/mol. The van der Waals surface area contributed by atoms with E-state index in [9.17, 15) is 4.79 Å². The van der Waals surface area contributed by atoms with Gasteiger partial charge in [0.05, 0.1) is 0 Å². The van der Waals surface area contributed by atoms with Crippen molar-refractivity contribution < 1.29 is 4.79 Å². The molecule has 1 amide bonds. The molecule has 1 aromatic rings. The summed E-state index contributed by atoms with van der Waals surface area (Å²) in [5.74, 6) is 0.622. The van der Waals surface area contributed by atoms with E-state index in [4.69, 9.17) is 0 Å². The van der Waals surface area contributed by atoms with Crippen molar-refractivity contribution in [1.82, 2.24) is 20.4 Å². The molecular formula is C11H19ClN4O. The minimum absolute atomic E-state index is 0. The monoisotopic (exact) mass is 258 g/mol. The molecule has 96 valence electrons. The Balaban J connectivity index is 0.00000144. The van der Waals surface area contributed by atoms with Crippen LogP contribution < -0.4 is 5.32 Å². The molecule has 2 heterocycles. The van der Waals surface area contributed by atoms with Gasteiger partial charge in [-0.05, 0) is 38.9 Å². The second-order valence-electron chi connectivity index (χ2n) is 4.40. The first-order chi connectivity index (χ1) is 7.70. The first-order valence-electron chi connectivity index (χ1n) is 5.66. The van der Waals surface area contributed by atoms with Crippen LogP contribution in [-0.4, -0.2) is 47.7 Å². The van der Waals surface area contributed by atoms with E-state index < -0.39 is 0 Å². The van der Waals surface area contributed by atoms with Crippen molar-refractivity contribution in [3.63, 3.8) is 0 Å². The number of carbonyl (C=O) groups excluding carboxylic acids is 1. The average Bonchev–Trinajstić information content (AvgIpc) is 2.87. The molecule has 1 saturated heterocycles.